The molecule has 0 bridgehead atoms. The fraction of sp³-hybridized carbons (Fsp3) is 0.163. The summed E-state index contributed by atoms with van der Waals surface area (Å²) in [6, 6.07) is 51.6. The monoisotopic (exact) mass is 594 g/mol. The predicted molar refractivity (Wildman–Crippen MR) is 192 cm³/mol. The number of benzene rings is 7. The largest absolute Gasteiger partial charge is 0.494 e. The van der Waals surface area contributed by atoms with Gasteiger partial charge in [0.15, 0.2) is 0 Å². The Bertz CT molecular complexity index is 2270. The molecule has 2 aliphatic rings. The fourth-order valence-corrected chi connectivity index (χ4v) is 8.11. The summed E-state index contributed by atoms with van der Waals surface area (Å²) in [7, 11) is -0.411. The van der Waals surface area contributed by atoms with Gasteiger partial charge in [-0.05, 0) is 98.9 Å². The van der Waals surface area contributed by atoms with Crippen molar-refractivity contribution in [1.29, 1.82) is 0 Å². The molecule has 1 fully saturated rings. The molecule has 2 nitrogen and oxygen atoms in total. The van der Waals surface area contributed by atoms with Gasteiger partial charge in [-0.3, -0.25) is 0 Å². The van der Waals surface area contributed by atoms with E-state index in [-0.39, 0.29) is 0 Å². The smallest absolute Gasteiger partial charge is 0.399 e. The maximum absolute atomic E-state index is 6.46. The summed E-state index contributed by atoms with van der Waals surface area (Å²) in [6.45, 7) is 8.43. The molecule has 0 spiro atoms. The Balaban J connectivity index is 1.40. The van der Waals surface area contributed by atoms with Gasteiger partial charge in [0.1, 0.15) is 0 Å². The minimum absolute atomic E-state index is 0.395. The summed E-state index contributed by atoms with van der Waals surface area (Å²) in [5.74, 6) is 0. The molecule has 7 aromatic rings. The van der Waals surface area contributed by atoms with Crippen LogP contribution in [0.1, 0.15) is 49.9 Å². The van der Waals surface area contributed by atoms with Crippen LogP contribution in [-0.4, -0.2) is 18.3 Å². The minimum Gasteiger partial charge on any atom is -0.399 e. The topological polar surface area (TPSA) is 18.5 Å². The number of hydrogen-bond donors (Lipinski definition) is 0. The Kier molecular flexibility index (Phi) is 5.79. The van der Waals surface area contributed by atoms with Crippen molar-refractivity contribution < 1.29 is 9.31 Å². The second-order valence-corrected chi connectivity index (χ2v) is 13.9. The van der Waals surface area contributed by atoms with Gasteiger partial charge in [-0.25, -0.2) is 0 Å². The molecule has 1 atom stereocenters. The SMILES string of the molecule is CC1(C)OB(c2ccc(C3(c4ccccc4)c4ccccc4-c4ccc5c6ccccc6c6ccccc6c5c43)cc2)OC1(C)C. The van der Waals surface area contributed by atoms with Crippen LogP contribution in [-0.2, 0) is 14.7 Å². The highest BCUT2D eigenvalue weighted by Gasteiger charge is 2.52. The molecule has 0 amide bonds. The molecule has 1 unspecified atom stereocenters. The third kappa shape index (κ3) is 3.62. The lowest BCUT2D eigenvalue weighted by Crippen LogP contribution is -2.41. The number of rotatable bonds is 3. The molecule has 46 heavy (non-hydrogen) atoms. The van der Waals surface area contributed by atoms with Gasteiger partial charge in [0, 0.05) is 0 Å². The minimum atomic E-state index is -0.535. The second-order valence-electron chi connectivity index (χ2n) is 13.9. The van der Waals surface area contributed by atoms with Crippen molar-refractivity contribution in [2.24, 2.45) is 0 Å². The lowest BCUT2D eigenvalue weighted by molar-refractivity contribution is 0.00578. The van der Waals surface area contributed by atoms with Crippen LogP contribution in [0, 0.1) is 0 Å². The van der Waals surface area contributed by atoms with Crippen LogP contribution < -0.4 is 5.46 Å². The van der Waals surface area contributed by atoms with Crippen molar-refractivity contribution >= 4 is 44.9 Å². The summed E-state index contributed by atoms with van der Waals surface area (Å²) >= 11 is 0. The molecule has 3 heteroatoms. The third-order valence-corrected chi connectivity index (χ3v) is 11.0. The van der Waals surface area contributed by atoms with Gasteiger partial charge >= 0.3 is 7.12 Å². The molecule has 0 radical (unpaired) electrons. The average Bonchev–Trinajstić information content (AvgIpc) is 3.51. The molecule has 7 aromatic carbocycles. The molecule has 1 aliphatic heterocycles. The van der Waals surface area contributed by atoms with Gasteiger partial charge in [0.05, 0.1) is 16.6 Å². The zero-order valence-corrected chi connectivity index (χ0v) is 26.7. The first-order valence-corrected chi connectivity index (χ1v) is 16.3. The van der Waals surface area contributed by atoms with Crippen LogP contribution in [0.15, 0.2) is 140 Å². The van der Waals surface area contributed by atoms with Gasteiger partial charge in [0.25, 0.3) is 0 Å². The summed E-state index contributed by atoms with van der Waals surface area (Å²) in [6.07, 6.45) is 0. The van der Waals surface area contributed by atoms with Gasteiger partial charge in [-0.1, -0.05) is 140 Å². The van der Waals surface area contributed by atoms with Crippen molar-refractivity contribution in [1.82, 2.24) is 0 Å². The van der Waals surface area contributed by atoms with E-state index in [4.69, 9.17) is 9.31 Å². The molecular weight excluding hydrogens is 559 g/mol. The molecule has 0 aromatic heterocycles. The molecule has 1 saturated heterocycles. The van der Waals surface area contributed by atoms with Gasteiger partial charge < -0.3 is 9.31 Å². The Morgan fingerprint density at radius 2 is 0.935 bits per heavy atom. The summed E-state index contributed by atoms with van der Waals surface area (Å²) in [4.78, 5) is 0. The molecule has 9 rings (SSSR count). The van der Waals surface area contributed by atoms with E-state index in [1.807, 2.05) is 0 Å². The van der Waals surface area contributed by atoms with Gasteiger partial charge in [0.2, 0.25) is 0 Å². The van der Waals surface area contributed by atoms with E-state index < -0.39 is 23.7 Å². The zero-order chi connectivity index (χ0) is 31.3. The van der Waals surface area contributed by atoms with Gasteiger partial charge in [-0.2, -0.15) is 0 Å². The van der Waals surface area contributed by atoms with E-state index in [0.717, 1.165) is 5.46 Å². The van der Waals surface area contributed by atoms with Crippen LogP contribution in [0.3, 0.4) is 0 Å². The normalized spacial score (nSPS) is 19.5. The molecule has 0 N–H and O–H groups in total. The standard InChI is InChI=1S/C43H35BO2/c1-41(2)42(3,4)46-44(45-41)30-24-22-29(23-25-30)43(28-14-6-5-7-15-28)38-21-13-12-19-34(38)37-27-26-36-33-18-9-8-16-31(33)32-17-10-11-20-35(32)39(36)40(37)43/h5-27H,1-4H3. The van der Waals surface area contributed by atoms with Gasteiger partial charge in [-0.15, -0.1) is 0 Å². The Labute approximate surface area is 270 Å². The Morgan fingerprint density at radius 3 is 1.59 bits per heavy atom. The molecule has 0 saturated carbocycles. The first kappa shape index (κ1) is 27.6. The highest BCUT2D eigenvalue weighted by molar-refractivity contribution is 6.62. The van der Waals surface area contributed by atoms with E-state index >= 15 is 0 Å². The van der Waals surface area contributed by atoms with Crippen molar-refractivity contribution in [3.63, 3.8) is 0 Å². The molecule has 1 heterocycles. The molecule has 1 aliphatic carbocycles. The predicted octanol–water partition coefficient (Wildman–Crippen LogP) is 9.81. The maximum atomic E-state index is 6.46. The fourth-order valence-electron chi connectivity index (χ4n) is 8.11. The van der Waals surface area contributed by atoms with E-state index in [1.165, 1.54) is 65.7 Å². The molecule has 222 valence electrons. The van der Waals surface area contributed by atoms with E-state index in [0.29, 0.717) is 0 Å². The van der Waals surface area contributed by atoms with Crippen LogP contribution in [0.2, 0.25) is 0 Å². The highest BCUT2D eigenvalue weighted by atomic mass is 16.7. The van der Waals surface area contributed by atoms with Crippen LogP contribution in [0.4, 0.5) is 0 Å². The van der Waals surface area contributed by atoms with E-state index in [9.17, 15) is 0 Å². The van der Waals surface area contributed by atoms with Crippen molar-refractivity contribution in [2.45, 2.75) is 44.3 Å². The van der Waals surface area contributed by atoms with Crippen molar-refractivity contribution in [3.05, 3.63) is 162 Å². The van der Waals surface area contributed by atoms with E-state index in [2.05, 4.69) is 167 Å². The van der Waals surface area contributed by atoms with Crippen molar-refractivity contribution in [2.75, 3.05) is 0 Å². The zero-order valence-electron chi connectivity index (χ0n) is 26.7. The second kappa shape index (κ2) is 9.66. The Morgan fingerprint density at radius 1 is 0.435 bits per heavy atom. The summed E-state index contributed by atoms with van der Waals surface area (Å²) < 4.78 is 12.9. The first-order chi connectivity index (χ1) is 22.3. The Hall–Kier alpha value is -4.70. The highest BCUT2D eigenvalue weighted by Crippen LogP contribution is 2.59. The third-order valence-electron chi connectivity index (χ3n) is 11.0. The quantitative estimate of drug-likeness (QED) is 0.150. The van der Waals surface area contributed by atoms with Crippen LogP contribution in [0.5, 0.6) is 0 Å². The van der Waals surface area contributed by atoms with Crippen LogP contribution >= 0.6 is 0 Å². The maximum Gasteiger partial charge on any atom is 0.494 e. The first-order valence-electron chi connectivity index (χ1n) is 16.3. The summed E-state index contributed by atoms with van der Waals surface area (Å²) in [5.41, 5.74) is 7.44. The lowest BCUT2D eigenvalue weighted by Gasteiger charge is -2.35. The molecular formula is C43H35BO2. The van der Waals surface area contributed by atoms with Crippen LogP contribution in [0.25, 0.3) is 43.4 Å². The lowest BCUT2D eigenvalue weighted by atomic mass is 9.65. The van der Waals surface area contributed by atoms with E-state index in [1.54, 1.807) is 0 Å². The average molecular weight is 595 g/mol. The summed E-state index contributed by atoms with van der Waals surface area (Å²) in [5, 5.41) is 7.76. The van der Waals surface area contributed by atoms with Crippen molar-refractivity contribution in [3.8, 4) is 11.1 Å². The number of fused-ring (bicyclic) bond motifs is 10. The number of hydrogen-bond acceptors (Lipinski definition) is 2.